The molecule has 0 aliphatic rings. The molecule has 4 heteroatoms. The molecule has 0 radical (unpaired) electrons. The molecule has 0 aliphatic heterocycles. The number of hydrogen-bond donors (Lipinski definition) is 1. The maximum absolute atomic E-state index is 12.1. The highest BCUT2D eigenvalue weighted by atomic mass is 32.2. The first kappa shape index (κ1) is 28.8. The molecule has 0 atom stereocenters. The van der Waals surface area contributed by atoms with Crippen LogP contribution in [0.2, 0.25) is 0 Å². The molecule has 0 saturated carbocycles. The number of rotatable bonds is 19. The van der Waals surface area contributed by atoms with Crippen LogP contribution in [-0.2, 0) is 23.0 Å². The molecule has 0 saturated heterocycles. The standard InChI is InChI=1S/C30H48O3S/c1-3-5-7-9-11-13-15-17-19-26-21-22-29-28(23-26)24-27(25-30(29)34(31,32)33)20-18-16-14-12-10-8-6-4-2/h21-25H,3-20H2,1-2H3,(H,31,32,33). The molecule has 0 spiro atoms. The summed E-state index contributed by atoms with van der Waals surface area (Å²) in [7, 11) is -4.25. The van der Waals surface area contributed by atoms with Gasteiger partial charge in [0.2, 0.25) is 0 Å². The van der Waals surface area contributed by atoms with E-state index in [1.54, 1.807) is 6.07 Å². The molecular weight excluding hydrogens is 440 g/mol. The SMILES string of the molecule is CCCCCCCCCCc1ccc2c(S(=O)(=O)O)cc(CCCCCCCCCC)cc2c1. The van der Waals surface area contributed by atoms with Gasteiger partial charge in [-0.25, -0.2) is 0 Å². The zero-order chi connectivity index (χ0) is 24.7. The van der Waals surface area contributed by atoms with Crippen molar-refractivity contribution in [2.24, 2.45) is 0 Å². The Hall–Kier alpha value is -1.39. The maximum Gasteiger partial charge on any atom is 0.295 e. The lowest BCUT2D eigenvalue weighted by Crippen LogP contribution is -2.01. The van der Waals surface area contributed by atoms with E-state index < -0.39 is 10.1 Å². The van der Waals surface area contributed by atoms with Gasteiger partial charge in [0.1, 0.15) is 4.90 Å². The van der Waals surface area contributed by atoms with Gasteiger partial charge in [0.15, 0.2) is 0 Å². The van der Waals surface area contributed by atoms with Gasteiger partial charge >= 0.3 is 0 Å². The van der Waals surface area contributed by atoms with E-state index in [0.717, 1.165) is 30.2 Å². The minimum atomic E-state index is -4.25. The molecule has 1 N–H and O–H groups in total. The summed E-state index contributed by atoms with van der Waals surface area (Å²) in [5, 5.41) is 1.56. The molecular formula is C30H48O3S. The molecule has 0 aliphatic carbocycles. The monoisotopic (exact) mass is 488 g/mol. The lowest BCUT2D eigenvalue weighted by molar-refractivity contribution is 0.484. The number of unbranched alkanes of at least 4 members (excludes halogenated alkanes) is 14. The molecule has 2 aromatic carbocycles. The average molecular weight is 489 g/mol. The van der Waals surface area contributed by atoms with Gasteiger partial charge in [-0.15, -0.1) is 0 Å². The fourth-order valence-corrected chi connectivity index (χ4v) is 5.65. The Balaban J connectivity index is 1.93. The van der Waals surface area contributed by atoms with E-state index in [4.69, 9.17) is 0 Å². The molecule has 34 heavy (non-hydrogen) atoms. The second-order valence-corrected chi connectivity index (χ2v) is 11.5. The number of hydrogen-bond acceptors (Lipinski definition) is 2. The first-order valence-corrected chi connectivity index (χ1v) is 15.4. The summed E-state index contributed by atoms with van der Waals surface area (Å²) in [5.74, 6) is 0. The van der Waals surface area contributed by atoms with Gasteiger partial charge in [-0.2, -0.15) is 8.42 Å². The second-order valence-electron chi connectivity index (χ2n) is 10.1. The van der Waals surface area contributed by atoms with Gasteiger partial charge in [0.05, 0.1) is 0 Å². The Bertz CT molecular complexity index is 928. The summed E-state index contributed by atoms with van der Waals surface area (Å²) in [6, 6.07) is 9.83. The fraction of sp³-hybridized carbons (Fsp3) is 0.667. The van der Waals surface area contributed by atoms with Crippen LogP contribution in [0.1, 0.15) is 128 Å². The summed E-state index contributed by atoms with van der Waals surface area (Å²) in [6.45, 7) is 4.49. The Morgan fingerprint density at radius 1 is 0.588 bits per heavy atom. The maximum atomic E-state index is 12.1. The fourth-order valence-electron chi connectivity index (χ4n) is 4.88. The number of aryl methyl sites for hydroxylation is 2. The van der Waals surface area contributed by atoms with Gasteiger partial charge in [-0.1, -0.05) is 128 Å². The molecule has 0 aromatic heterocycles. The van der Waals surface area contributed by atoms with E-state index in [9.17, 15) is 13.0 Å². The third kappa shape index (κ3) is 10.9. The highest BCUT2D eigenvalue weighted by molar-refractivity contribution is 7.86. The average Bonchev–Trinajstić information content (AvgIpc) is 2.81. The number of benzene rings is 2. The molecule has 0 unspecified atom stereocenters. The van der Waals surface area contributed by atoms with Crippen LogP contribution < -0.4 is 0 Å². The summed E-state index contributed by atoms with van der Waals surface area (Å²) >= 11 is 0. The van der Waals surface area contributed by atoms with Crippen LogP contribution in [0.3, 0.4) is 0 Å². The van der Waals surface area contributed by atoms with Crippen molar-refractivity contribution in [3.05, 3.63) is 41.5 Å². The first-order valence-electron chi connectivity index (χ1n) is 14.0. The molecule has 2 rings (SSSR count). The molecule has 0 amide bonds. The highest BCUT2D eigenvalue weighted by Gasteiger charge is 2.16. The predicted octanol–water partition coefficient (Wildman–Crippen LogP) is 9.45. The van der Waals surface area contributed by atoms with Crippen LogP contribution in [0.5, 0.6) is 0 Å². The third-order valence-electron chi connectivity index (χ3n) is 6.95. The van der Waals surface area contributed by atoms with Crippen LogP contribution >= 0.6 is 0 Å². The Morgan fingerprint density at radius 2 is 1.03 bits per heavy atom. The highest BCUT2D eigenvalue weighted by Crippen LogP contribution is 2.28. The summed E-state index contributed by atoms with van der Waals surface area (Å²) in [5.41, 5.74) is 2.26. The minimum Gasteiger partial charge on any atom is -0.282 e. The quantitative estimate of drug-likeness (QED) is 0.158. The molecule has 192 valence electrons. The van der Waals surface area contributed by atoms with E-state index in [2.05, 4.69) is 26.0 Å². The van der Waals surface area contributed by atoms with Crippen molar-refractivity contribution in [1.29, 1.82) is 0 Å². The molecule has 3 nitrogen and oxygen atoms in total. The van der Waals surface area contributed by atoms with Crippen LogP contribution in [-0.4, -0.2) is 13.0 Å². The molecule has 2 aromatic rings. The van der Waals surface area contributed by atoms with E-state index >= 15 is 0 Å². The molecule has 0 heterocycles. The predicted molar refractivity (Wildman–Crippen MR) is 146 cm³/mol. The largest absolute Gasteiger partial charge is 0.295 e. The normalized spacial score (nSPS) is 12.0. The number of fused-ring (bicyclic) bond motifs is 1. The Labute approximate surface area is 209 Å². The second kappa shape index (κ2) is 16.3. The van der Waals surface area contributed by atoms with Gasteiger partial charge in [-0.05, 0) is 48.3 Å². The van der Waals surface area contributed by atoms with Crippen molar-refractivity contribution < 1.29 is 13.0 Å². The first-order chi connectivity index (χ1) is 16.5. The smallest absolute Gasteiger partial charge is 0.282 e. The van der Waals surface area contributed by atoms with Crippen molar-refractivity contribution in [2.45, 2.75) is 134 Å². The van der Waals surface area contributed by atoms with Gasteiger partial charge in [0.25, 0.3) is 10.1 Å². The van der Waals surface area contributed by atoms with Gasteiger partial charge in [-0.3, -0.25) is 4.55 Å². The van der Waals surface area contributed by atoms with Gasteiger partial charge in [0, 0.05) is 5.39 Å². The van der Waals surface area contributed by atoms with E-state index in [1.807, 2.05) is 12.1 Å². The summed E-state index contributed by atoms with van der Waals surface area (Å²) in [4.78, 5) is 0.0539. The minimum absolute atomic E-state index is 0.0539. The summed E-state index contributed by atoms with van der Waals surface area (Å²) < 4.78 is 34.0. The topological polar surface area (TPSA) is 54.4 Å². The third-order valence-corrected chi connectivity index (χ3v) is 7.85. The van der Waals surface area contributed by atoms with Crippen LogP contribution in [0.15, 0.2) is 35.2 Å². The van der Waals surface area contributed by atoms with Crippen molar-refractivity contribution in [1.82, 2.24) is 0 Å². The zero-order valence-electron chi connectivity index (χ0n) is 21.8. The summed E-state index contributed by atoms with van der Waals surface area (Å²) in [6.07, 6.45) is 22.3. The van der Waals surface area contributed by atoms with Gasteiger partial charge < -0.3 is 0 Å². The lowest BCUT2D eigenvalue weighted by Gasteiger charge is -2.11. The Kier molecular flexibility index (Phi) is 13.8. The van der Waals surface area contributed by atoms with Crippen molar-refractivity contribution >= 4 is 20.9 Å². The lowest BCUT2D eigenvalue weighted by atomic mass is 9.98. The van der Waals surface area contributed by atoms with Crippen LogP contribution in [0, 0.1) is 0 Å². The van der Waals surface area contributed by atoms with E-state index in [1.165, 1.54) is 102 Å². The molecule has 0 bridgehead atoms. The van der Waals surface area contributed by atoms with E-state index in [-0.39, 0.29) is 4.90 Å². The molecule has 0 fully saturated rings. The Morgan fingerprint density at radius 3 is 1.53 bits per heavy atom. The van der Waals surface area contributed by atoms with Crippen LogP contribution in [0.4, 0.5) is 0 Å². The van der Waals surface area contributed by atoms with Crippen molar-refractivity contribution in [2.75, 3.05) is 0 Å². The zero-order valence-corrected chi connectivity index (χ0v) is 22.6. The van der Waals surface area contributed by atoms with Crippen molar-refractivity contribution in [3.63, 3.8) is 0 Å². The van der Waals surface area contributed by atoms with Crippen molar-refractivity contribution in [3.8, 4) is 0 Å². The van der Waals surface area contributed by atoms with Crippen LogP contribution in [0.25, 0.3) is 10.8 Å². The van der Waals surface area contributed by atoms with E-state index in [0.29, 0.717) is 5.39 Å².